The fourth-order valence-corrected chi connectivity index (χ4v) is 3.97. The predicted molar refractivity (Wildman–Crippen MR) is 111 cm³/mol. The van der Waals surface area contributed by atoms with Crippen molar-refractivity contribution in [3.8, 4) is 17.2 Å². The Balaban J connectivity index is 2.17. The number of benzene rings is 2. The van der Waals surface area contributed by atoms with Gasteiger partial charge in [0.2, 0.25) is 0 Å². The van der Waals surface area contributed by atoms with Gasteiger partial charge in [-0.15, -0.1) is 6.58 Å². The maximum absolute atomic E-state index is 13.0. The summed E-state index contributed by atoms with van der Waals surface area (Å²) in [5, 5.41) is 0. The van der Waals surface area contributed by atoms with Gasteiger partial charge in [0.1, 0.15) is 22.8 Å². The van der Waals surface area contributed by atoms with Crippen molar-refractivity contribution in [2.75, 3.05) is 20.8 Å². The summed E-state index contributed by atoms with van der Waals surface area (Å²) in [5.41, 5.74) is 1.26. The highest BCUT2D eigenvalue weighted by atomic mass is 32.1. The molecule has 2 aromatic carbocycles. The van der Waals surface area contributed by atoms with Crippen molar-refractivity contribution in [1.29, 1.82) is 0 Å². The van der Waals surface area contributed by atoms with E-state index in [0.717, 1.165) is 16.0 Å². The minimum atomic E-state index is -0.427. The number of methoxy groups -OCH3 is 2. The quantitative estimate of drug-likeness (QED) is 0.564. The third-order valence-electron chi connectivity index (χ3n) is 4.12. The topological polar surface area (TPSA) is 62.1 Å². The molecule has 0 aliphatic carbocycles. The Kier molecular flexibility index (Phi) is 6.16. The molecule has 3 rings (SSSR count). The van der Waals surface area contributed by atoms with E-state index >= 15 is 0 Å². The molecule has 0 bridgehead atoms. The number of hydrogen-bond donors (Lipinski definition) is 0. The van der Waals surface area contributed by atoms with Gasteiger partial charge in [0.25, 0.3) is 5.91 Å². The molecule has 0 fully saturated rings. The normalized spacial score (nSPS) is 11.5. The molecule has 0 aliphatic heterocycles. The number of nitrogens with zero attached hydrogens (tertiary/aromatic N) is 2. The highest BCUT2D eigenvalue weighted by molar-refractivity contribution is 7.16. The lowest BCUT2D eigenvalue weighted by Gasteiger charge is -2.09. The van der Waals surface area contributed by atoms with Gasteiger partial charge in [-0.3, -0.25) is 4.79 Å². The number of aromatic nitrogens is 1. The van der Waals surface area contributed by atoms with Gasteiger partial charge in [-0.1, -0.05) is 23.5 Å². The maximum atomic E-state index is 13.0. The van der Waals surface area contributed by atoms with Crippen LogP contribution >= 0.6 is 11.3 Å². The first kappa shape index (κ1) is 19.7. The third-order valence-corrected chi connectivity index (χ3v) is 5.16. The summed E-state index contributed by atoms with van der Waals surface area (Å²) < 4.78 is 19.2. The van der Waals surface area contributed by atoms with E-state index in [0.29, 0.717) is 35.0 Å². The molecule has 6 nitrogen and oxygen atoms in total. The van der Waals surface area contributed by atoms with Gasteiger partial charge < -0.3 is 18.8 Å². The standard InChI is InChI=1S/C21H22N2O4S/c1-5-12-23-15-11-10-14(27-6-2)13-18(15)28-21(23)22-20(24)19-16(25-3)8-7-9-17(19)26-4/h5,7-11,13H,1,6,12H2,2-4H3. The number of thiazole rings is 1. The van der Waals surface area contributed by atoms with Gasteiger partial charge >= 0.3 is 0 Å². The van der Waals surface area contributed by atoms with Gasteiger partial charge in [0.15, 0.2) is 4.80 Å². The molecule has 0 saturated heterocycles. The molecule has 0 radical (unpaired) electrons. The molecule has 1 aromatic heterocycles. The van der Waals surface area contributed by atoms with E-state index < -0.39 is 5.91 Å². The number of fused-ring (bicyclic) bond motifs is 1. The monoisotopic (exact) mass is 398 g/mol. The van der Waals surface area contributed by atoms with Crippen molar-refractivity contribution in [3.63, 3.8) is 0 Å². The zero-order chi connectivity index (χ0) is 20.1. The number of ether oxygens (including phenoxy) is 3. The van der Waals surface area contributed by atoms with Gasteiger partial charge in [-0.2, -0.15) is 4.99 Å². The SMILES string of the molecule is C=CCn1c(=NC(=O)c2c(OC)cccc2OC)sc2cc(OCC)ccc21. The van der Waals surface area contributed by atoms with E-state index in [1.54, 1.807) is 24.3 Å². The smallest absolute Gasteiger partial charge is 0.287 e. The second-order valence-electron chi connectivity index (χ2n) is 5.80. The van der Waals surface area contributed by atoms with Crippen LogP contribution in [0.3, 0.4) is 0 Å². The Morgan fingerprint density at radius 2 is 1.93 bits per heavy atom. The first-order valence-electron chi connectivity index (χ1n) is 8.80. The Hall–Kier alpha value is -3.06. The predicted octanol–water partition coefficient (Wildman–Crippen LogP) is 4.05. The number of allylic oxidation sites excluding steroid dienone is 1. The summed E-state index contributed by atoms with van der Waals surface area (Å²) in [5.74, 6) is 1.20. The van der Waals surface area contributed by atoms with Gasteiger partial charge in [-0.05, 0) is 37.3 Å². The molecule has 146 valence electrons. The third kappa shape index (κ3) is 3.80. The number of carbonyl (C=O) groups is 1. The van der Waals surface area contributed by atoms with Crippen molar-refractivity contribution in [2.45, 2.75) is 13.5 Å². The van der Waals surface area contributed by atoms with E-state index in [9.17, 15) is 4.79 Å². The number of hydrogen-bond acceptors (Lipinski definition) is 5. The summed E-state index contributed by atoms with van der Waals surface area (Å²) in [6.45, 7) is 6.88. The Bertz CT molecular complexity index is 1060. The molecule has 0 N–H and O–H groups in total. The van der Waals surface area contributed by atoms with Gasteiger partial charge in [0, 0.05) is 6.54 Å². The fraction of sp³-hybridized carbons (Fsp3) is 0.238. The number of rotatable bonds is 7. The van der Waals surface area contributed by atoms with Crippen LogP contribution in [0.25, 0.3) is 10.2 Å². The van der Waals surface area contributed by atoms with E-state index in [-0.39, 0.29) is 0 Å². The summed E-state index contributed by atoms with van der Waals surface area (Å²) >= 11 is 1.42. The average Bonchev–Trinajstić information content (AvgIpc) is 3.04. The number of amides is 1. The van der Waals surface area contributed by atoms with Crippen LogP contribution in [0.15, 0.2) is 54.0 Å². The fourth-order valence-electron chi connectivity index (χ4n) is 2.91. The molecule has 28 heavy (non-hydrogen) atoms. The molecule has 0 aliphatic rings. The van der Waals surface area contributed by atoms with Crippen LogP contribution in [0.1, 0.15) is 17.3 Å². The second-order valence-corrected chi connectivity index (χ2v) is 6.81. The van der Waals surface area contributed by atoms with Crippen molar-refractivity contribution in [1.82, 2.24) is 4.57 Å². The second kappa shape index (κ2) is 8.75. The van der Waals surface area contributed by atoms with Crippen molar-refractivity contribution >= 4 is 27.5 Å². The van der Waals surface area contributed by atoms with Gasteiger partial charge in [-0.25, -0.2) is 0 Å². The van der Waals surface area contributed by atoms with Crippen molar-refractivity contribution in [2.24, 2.45) is 4.99 Å². The summed E-state index contributed by atoms with van der Waals surface area (Å²) in [6.07, 6.45) is 1.77. The zero-order valence-corrected chi connectivity index (χ0v) is 16.9. The number of carbonyl (C=O) groups excluding carboxylic acids is 1. The average molecular weight is 398 g/mol. The molecule has 0 saturated carbocycles. The minimum Gasteiger partial charge on any atom is -0.496 e. The van der Waals surface area contributed by atoms with Crippen LogP contribution in [0.2, 0.25) is 0 Å². The van der Waals surface area contributed by atoms with Crippen LogP contribution in [0.4, 0.5) is 0 Å². The lowest BCUT2D eigenvalue weighted by molar-refractivity contribution is 0.0992. The molecule has 3 aromatic rings. The summed E-state index contributed by atoms with van der Waals surface area (Å²) in [4.78, 5) is 17.9. The Morgan fingerprint density at radius 1 is 1.21 bits per heavy atom. The van der Waals surface area contributed by atoms with E-state index in [1.807, 2.05) is 29.7 Å². The summed E-state index contributed by atoms with van der Waals surface area (Å²) in [6, 6.07) is 11.0. The van der Waals surface area contributed by atoms with Crippen LogP contribution in [0.5, 0.6) is 17.2 Å². The molecule has 7 heteroatoms. The van der Waals surface area contributed by atoms with E-state index in [1.165, 1.54) is 25.6 Å². The Morgan fingerprint density at radius 3 is 2.54 bits per heavy atom. The van der Waals surface area contributed by atoms with Crippen LogP contribution in [0, 0.1) is 0 Å². The molecule has 1 heterocycles. The maximum Gasteiger partial charge on any atom is 0.287 e. The largest absolute Gasteiger partial charge is 0.496 e. The molecular weight excluding hydrogens is 376 g/mol. The van der Waals surface area contributed by atoms with Crippen LogP contribution < -0.4 is 19.0 Å². The highest BCUT2D eigenvalue weighted by Gasteiger charge is 2.18. The lowest BCUT2D eigenvalue weighted by atomic mass is 10.1. The highest BCUT2D eigenvalue weighted by Crippen LogP contribution is 2.29. The summed E-state index contributed by atoms with van der Waals surface area (Å²) in [7, 11) is 3.02. The molecule has 0 spiro atoms. The first-order valence-corrected chi connectivity index (χ1v) is 9.61. The van der Waals surface area contributed by atoms with Crippen molar-refractivity contribution < 1.29 is 19.0 Å². The van der Waals surface area contributed by atoms with Crippen LogP contribution in [-0.4, -0.2) is 31.3 Å². The first-order chi connectivity index (χ1) is 13.6. The lowest BCUT2D eigenvalue weighted by Crippen LogP contribution is -2.16. The van der Waals surface area contributed by atoms with E-state index in [2.05, 4.69) is 11.6 Å². The van der Waals surface area contributed by atoms with Gasteiger partial charge in [0.05, 0.1) is 31.0 Å². The van der Waals surface area contributed by atoms with Crippen molar-refractivity contribution in [3.05, 3.63) is 59.4 Å². The zero-order valence-electron chi connectivity index (χ0n) is 16.1. The molecule has 0 unspecified atom stereocenters. The minimum absolute atomic E-state index is 0.296. The Labute approximate surface area is 167 Å². The molecular formula is C21H22N2O4S. The molecule has 1 amide bonds. The molecule has 0 atom stereocenters. The van der Waals surface area contributed by atoms with Crippen LogP contribution in [-0.2, 0) is 6.54 Å². The van der Waals surface area contributed by atoms with E-state index in [4.69, 9.17) is 14.2 Å².